The fourth-order valence-corrected chi connectivity index (χ4v) is 15.0. The van der Waals surface area contributed by atoms with Gasteiger partial charge in [-0.1, -0.05) is 153 Å². The maximum absolute atomic E-state index is 2.69. The van der Waals surface area contributed by atoms with Crippen LogP contribution in [0.3, 0.4) is 0 Å². The summed E-state index contributed by atoms with van der Waals surface area (Å²) in [5.74, 6) is 2.80. The fraction of sp³-hybridized carbons (Fsp3) is 0.238. The molecule has 6 bridgehead atoms. The van der Waals surface area contributed by atoms with Crippen LogP contribution in [0.2, 0.25) is 0 Å². The van der Waals surface area contributed by atoms with E-state index in [0.29, 0.717) is 5.41 Å². The molecule has 0 amide bonds. The highest BCUT2D eigenvalue weighted by atomic mass is 15.1. The van der Waals surface area contributed by atoms with Crippen LogP contribution in [0.1, 0.15) is 96.9 Å². The summed E-state index contributed by atoms with van der Waals surface area (Å²) in [5, 5.41) is 0. The lowest BCUT2D eigenvalue weighted by Gasteiger charge is -2.57. The molecule has 1 heterocycles. The minimum absolute atomic E-state index is 0.137. The Kier molecular flexibility index (Phi) is 7.56. The minimum Gasteiger partial charge on any atom is -0.310 e. The lowest BCUT2D eigenvalue weighted by molar-refractivity contribution is -0.00522. The molecule has 1 nitrogen and oxygen atoms in total. The van der Waals surface area contributed by atoms with Crippen LogP contribution in [-0.2, 0) is 16.2 Å². The Labute approximate surface area is 378 Å². The summed E-state index contributed by atoms with van der Waals surface area (Å²) in [7, 11) is 0. The first-order chi connectivity index (χ1) is 31.3. The molecule has 7 aliphatic rings. The molecule has 15 rings (SSSR count). The summed E-state index contributed by atoms with van der Waals surface area (Å²) in [6, 6.07) is 68.2. The van der Waals surface area contributed by atoms with E-state index in [4.69, 9.17) is 0 Å². The molecule has 0 saturated heterocycles. The highest BCUT2D eigenvalue weighted by Crippen LogP contribution is 2.64. The molecule has 0 radical (unpaired) electrons. The molecule has 0 spiro atoms. The molecular weight excluding hydrogens is 771 g/mol. The molecule has 8 aromatic rings. The molecule has 4 fully saturated rings. The van der Waals surface area contributed by atoms with E-state index in [2.05, 4.69) is 202 Å². The monoisotopic (exact) mass is 823 g/mol. The van der Waals surface area contributed by atoms with Crippen molar-refractivity contribution in [1.82, 2.24) is 0 Å². The number of aryl methyl sites for hydroxylation is 1. The first-order valence-electron chi connectivity index (χ1n) is 24.0. The van der Waals surface area contributed by atoms with Crippen molar-refractivity contribution in [2.45, 2.75) is 75.5 Å². The van der Waals surface area contributed by atoms with Crippen molar-refractivity contribution in [2.24, 2.45) is 17.8 Å². The first kappa shape index (κ1) is 37.0. The number of rotatable bonds is 4. The van der Waals surface area contributed by atoms with Crippen molar-refractivity contribution in [3.05, 3.63) is 220 Å². The van der Waals surface area contributed by atoms with E-state index in [0.717, 1.165) is 17.8 Å². The average molecular weight is 824 g/mol. The van der Waals surface area contributed by atoms with Gasteiger partial charge in [-0.05, 0) is 188 Å². The Morgan fingerprint density at radius 3 is 1.55 bits per heavy atom. The third kappa shape index (κ3) is 4.91. The third-order valence-corrected chi connectivity index (χ3v) is 17.3. The molecule has 0 N–H and O–H groups in total. The molecular formula is C63H53N. The lowest BCUT2D eigenvalue weighted by Crippen LogP contribution is -2.48. The van der Waals surface area contributed by atoms with E-state index < -0.39 is 5.41 Å². The van der Waals surface area contributed by atoms with Gasteiger partial charge in [-0.15, -0.1) is 0 Å². The Bertz CT molecular complexity index is 3210. The normalized spacial score (nSPS) is 24.5. The Hall–Kier alpha value is -6.44. The minimum atomic E-state index is -0.528. The van der Waals surface area contributed by atoms with Crippen molar-refractivity contribution in [3.63, 3.8) is 0 Å². The summed E-state index contributed by atoms with van der Waals surface area (Å²) in [6.07, 6.45) is 8.63. The van der Waals surface area contributed by atoms with Gasteiger partial charge in [0.25, 0.3) is 0 Å². The van der Waals surface area contributed by atoms with Gasteiger partial charge in [-0.2, -0.15) is 0 Å². The average Bonchev–Trinajstić information content (AvgIpc) is 3.75. The summed E-state index contributed by atoms with van der Waals surface area (Å²) >= 11 is 0. The van der Waals surface area contributed by atoms with E-state index in [9.17, 15) is 0 Å². The predicted octanol–water partition coefficient (Wildman–Crippen LogP) is 16.2. The van der Waals surface area contributed by atoms with Gasteiger partial charge in [0.2, 0.25) is 0 Å². The Morgan fingerprint density at radius 2 is 0.906 bits per heavy atom. The van der Waals surface area contributed by atoms with Gasteiger partial charge in [-0.3, -0.25) is 0 Å². The molecule has 1 heteroatoms. The van der Waals surface area contributed by atoms with Crippen LogP contribution in [0.5, 0.6) is 0 Å². The summed E-state index contributed by atoms with van der Waals surface area (Å²) in [6.45, 7) is 7.32. The highest BCUT2D eigenvalue weighted by molar-refractivity contribution is 5.99. The topological polar surface area (TPSA) is 3.24 Å². The van der Waals surface area contributed by atoms with Crippen LogP contribution in [0.25, 0.3) is 44.5 Å². The third-order valence-electron chi connectivity index (χ3n) is 17.3. The molecule has 6 aliphatic carbocycles. The number of benzene rings is 8. The zero-order valence-electron chi connectivity index (χ0n) is 37.2. The molecule has 8 aromatic carbocycles. The van der Waals surface area contributed by atoms with Gasteiger partial charge in [0.05, 0.1) is 11.1 Å². The predicted molar refractivity (Wildman–Crippen MR) is 265 cm³/mol. The summed E-state index contributed by atoms with van der Waals surface area (Å²) < 4.78 is 0. The molecule has 1 atom stereocenters. The second-order valence-electron chi connectivity index (χ2n) is 21.1. The molecule has 64 heavy (non-hydrogen) atoms. The first-order valence-corrected chi connectivity index (χ1v) is 24.0. The molecule has 4 saturated carbocycles. The maximum Gasteiger partial charge on any atom is 0.0720 e. The standard InChI is InChI=1S/C63H53N/c1-39-28-44(43-14-6-4-7-15-43)32-54-50-19-11-13-21-56(50)63(45-16-8-5-9-17-45)55-20-12-10-18-49(55)53-27-24-48(35-59(53)63)64(60(39)54)47-23-26-52-51-25-22-46(33-57(51)61(2,3)58(52)34-47)62-36-40-29-41(37-62)31-42(30-40)38-62/h4-28,32-35,40-42H,29-31,36-38H2,1-3H3. The van der Waals surface area contributed by atoms with Crippen molar-refractivity contribution < 1.29 is 0 Å². The highest BCUT2D eigenvalue weighted by Gasteiger charge is 2.53. The van der Waals surface area contributed by atoms with Crippen molar-refractivity contribution >= 4 is 17.1 Å². The van der Waals surface area contributed by atoms with Crippen LogP contribution in [0, 0.1) is 24.7 Å². The van der Waals surface area contributed by atoms with Gasteiger partial charge >= 0.3 is 0 Å². The van der Waals surface area contributed by atoms with Gasteiger partial charge in [-0.25, -0.2) is 0 Å². The number of hydrogen-bond acceptors (Lipinski definition) is 1. The fourth-order valence-electron chi connectivity index (χ4n) is 15.0. The summed E-state index contributed by atoms with van der Waals surface area (Å²) in [4.78, 5) is 2.61. The van der Waals surface area contributed by atoms with Crippen LogP contribution in [0.4, 0.5) is 17.1 Å². The van der Waals surface area contributed by atoms with Crippen LogP contribution >= 0.6 is 0 Å². The van der Waals surface area contributed by atoms with E-state index >= 15 is 0 Å². The Balaban J connectivity index is 1.01. The smallest absolute Gasteiger partial charge is 0.0720 e. The molecule has 310 valence electrons. The molecule has 1 unspecified atom stereocenters. The number of fused-ring (bicyclic) bond motifs is 11. The molecule has 1 aliphatic heterocycles. The van der Waals surface area contributed by atoms with E-state index in [1.807, 2.05) is 0 Å². The van der Waals surface area contributed by atoms with E-state index in [-0.39, 0.29) is 5.41 Å². The number of hydrogen-bond donors (Lipinski definition) is 0. The second kappa shape index (κ2) is 13.1. The van der Waals surface area contributed by atoms with Crippen molar-refractivity contribution in [3.8, 4) is 44.5 Å². The van der Waals surface area contributed by atoms with Crippen LogP contribution < -0.4 is 4.90 Å². The maximum atomic E-state index is 2.69. The van der Waals surface area contributed by atoms with Crippen LogP contribution in [-0.4, -0.2) is 0 Å². The lowest BCUT2D eigenvalue weighted by atomic mass is 9.48. The second-order valence-corrected chi connectivity index (χ2v) is 21.1. The van der Waals surface area contributed by atoms with Gasteiger partial charge < -0.3 is 4.90 Å². The van der Waals surface area contributed by atoms with Crippen LogP contribution in [0.15, 0.2) is 176 Å². The summed E-state index contributed by atoms with van der Waals surface area (Å²) in [5.41, 5.74) is 24.9. The number of anilines is 3. The quantitative estimate of drug-likeness (QED) is 0.171. The SMILES string of the molecule is Cc1cc(-c2ccccc2)cc2c1N(c1ccc3c(c1)C(C)(C)c1cc(C45CC6CC(CC(C6)C4)C5)ccc1-3)c1ccc3c(c1)C(c1ccccc1)(c1ccccc1-3)c1ccccc1-2. The zero-order chi connectivity index (χ0) is 42.5. The molecule has 0 aromatic heterocycles. The van der Waals surface area contributed by atoms with Crippen molar-refractivity contribution in [1.29, 1.82) is 0 Å². The van der Waals surface area contributed by atoms with Gasteiger partial charge in [0, 0.05) is 22.4 Å². The van der Waals surface area contributed by atoms with E-state index in [1.54, 1.807) is 5.56 Å². The largest absolute Gasteiger partial charge is 0.310 e. The van der Waals surface area contributed by atoms with E-state index in [1.165, 1.54) is 139 Å². The number of nitrogens with zero attached hydrogens (tertiary/aromatic N) is 1. The van der Waals surface area contributed by atoms with Gasteiger partial charge in [0.15, 0.2) is 0 Å². The zero-order valence-corrected chi connectivity index (χ0v) is 37.2. The van der Waals surface area contributed by atoms with Crippen molar-refractivity contribution in [2.75, 3.05) is 4.90 Å². The van der Waals surface area contributed by atoms with Gasteiger partial charge in [0.1, 0.15) is 0 Å². The Morgan fingerprint density at radius 1 is 0.406 bits per heavy atom.